The number of halogens is 1. The maximum atomic E-state index is 13.2. The summed E-state index contributed by atoms with van der Waals surface area (Å²) in [5.74, 6) is -0.189. The van der Waals surface area contributed by atoms with Crippen LogP contribution in [-0.4, -0.2) is 55.8 Å². The molecule has 0 N–H and O–H groups in total. The third-order valence-electron chi connectivity index (χ3n) is 6.03. The topological polar surface area (TPSA) is 66.9 Å². The first-order chi connectivity index (χ1) is 14.9. The lowest BCUT2D eigenvalue weighted by Crippen LogP contribution is -2.43. The number of hydrogen-bond donors (Lipinski definition) is 0. The molecule has 0 bridgehead atoms. The number of benzene rings is 2. The van der Waals surface area contributed by atoms with Crippen LogP contribution in [0.5, 0.6) is 0 Å². The lowest BCUT2D eigenvalue weighted by atomic mass is 10.1. The van der Waals surface area contributed by atoms with Gasteiger partial charge in [0.1, 0.15) is 6.10 Å². The first-order valence-electron chi connectivity index (χ1n) is 10.6. The van der Waals surface area contributed by atoms with Crippen LogP contribution in [0.2, 0.25) is 5.02 Å². The number of amides is 1. The van der Waals surface area contributed by atoms with Gasteiger partial charge in [0.2, 0.25) is 10.0 Å². The standard InChI is InChI=1S/C23H27ClN2O4S/c1-17-5-2-3-12-26(17)31(28,29)21-7-4-6-19(15-21)23(27)25-13-14-30-22(16-25)18-8-10-20(24)11-9-18/h4,6-11,15,17,22H,2-3,5,12-14,16H2,1H3. The SMILES string of the molecule is CC1CCCCN1S(=O)(=O)c1cccc(C(=O)N2CCOC(c3ccc(Cl)cc3)C2)c1. The molecule has 0 aromatic heterocycles. The Bertz CT molecular complexity index is 1040. The van der Waals surface area contributed by atoms with Crippen LogP contribution in [0.4, 0.5) is 0 Å². The number of sulfonamides is 1. The fourth-order valence-electron chi connectivity index (χ4n) is 4.25. The van der Waals surface area contributed by atoms with E-state index in [0.717, 1.165) is 24.8 Å². The molecule has 0 saturated carbocycles. The first-order valence-corrected chi connectivity index (χ1v) is 12.5. The Morgan fingerprint density at radius 3 is 2.61 bits per heavy atom. The van der Waals surface area contributed by atoms with Crippen LogP contribution >= 0.6 is 11.6 Å². The molecule has 2 aromatic carbocycles. The van der Waals surface area contributed by atoms with E-state index in [-0.39, 0.29) is 22.9 Å². The average Bonchev–Trinajstić information content (AvgIpc) is 2.79. The Morgan fingerprint density at radius 2 is 1.87 bits per heavy atom. The van der Waals surface area contributed by atoms with Gasteiger partial charge in [-0.15, -0.1) is 0 Å². The van der Waals surface area contributed by atoms with Crippen molar-refractivity contribution in [3.8, 4) is 0 Å². The van der Waals surface area contributed by atoms with Crippen LogP contribution in [-0.2, 0) is 14.8 Å². The monoisotopic (exact) mass is 462 g/mol. The van der Waals surface area contributed by atoms with Crippen LogP contribution in [0.1, 0.15) is 48.2 Å². The maximum Gasteiger partial charge on any atom is 0.254 e. The van der Waals surface area contributed by atoms with Crippen molar-refractivity contribution < 1.29 is 17.9 Å². The van der Waals surface area contributed by atoms with Crippen molar-refractivity contribution in [2.24, 2.45) is 0 Å². The van der Waals surface area contributed by atoms with Crippen molar-refractivity contribution in [1.82, 2.24) is 9.21 Å². The van der Waals surface area contributed by atoms with Crippen molar-refractivity contribution in [2.45, 2.75) is 43.2 Å². The molecule has 2 heterocycles. The zero-order chi connectivity index (χ0) is 22.0. The molecule has 0 spiro atoms. The molecule has 0 radical (unpaired) electrons. The van der Waals surface area contributed by atoms with Gasteiger partial charge >= 0.3 is 0 Å². The highest BCUT2D eigenvalue weighted by Crippen LogP contribution is 2.27. The van der Waals surface area contributed by atoms with Gasteiger partial charge in [0.05, 0.1) is 18.0 Å². The average molecular weight is 463 g/mol. The minimum absolute atomic E-state index is 0.0301. The van der Waals surface area contributed by atoms with Gasteiger partial charge in [-0.25, -0.2) is 8.42 Å². The molecule has 2 saturated heterocycles. The highest BCUT2D eigenvalue weighted by atomic mass is 35.5. The number of carbonyl (C=O) groups excluding carboxylic acids is 1. The highest BCUT2D eigenvalue weighted by molar-refractivity contribution is 7.89. The fraction of sp³-hybridized carbons (Fsp3) is 0.435. The second-order valence-corrected chi connectivity index (χ2v) is 10.5. The molecular weight excluding hydrogens is 436 g/mol. The third kappa shape index (κ3) is 4.80. The summed E-state index contributed by atoms with van der Waals surface area (Å²) in [5.41, 5.74) is 1.33. The number of carbonyl (C=O) groups is 1. The number of piperidine rings is 1. The van der Waals surface area contributed by atoms with Crippen LogP contribution in [0.3, 0.4) is 0 Å². The van der Waals surface area contributed by atoms with Crippen molar-refractivity contribution in [2.75, 3.05) is 26.2 Å². The molecule has 4 rings (SSSR count). The Labute approximate surface area is 188 Å². The van der Waals surface area contributed by atoms with E-state index >= 15 is 0 Å². The summed E-state index contributed by atoms with van der Waals surface area (Å²) in [5, 5.41) is 0.647. The van der Waals surface area contributed by atoms with E-state index < -0.39 is 10.0 Å². The predicted molar refractivity (Wildman–Crippen MR) is 120 cm³/mol. The molecule has 1 amide bonds. The van der Waals surface area contributed by atoms with Crippen LogP contribution in [0, 0.1) is 0 Å². The van der Waals surface area contributed by atoms with Gasteiger partial charge < -0.3 is 9.64 Å². The fourth-order valence-corrected chi connectivity index (χ4v) is 6.12. The predicted octanol–water partition coefficient (Wildman–Crippen LogP) is 4.12. The van der Waals surface area contributed by atoms with Crippen LogP contribution in [0.15, 0.2) is 53.4 Å². The number of hydrogen-bond acceptors (Lipinski definition) is 4. The lowest BCUT2D eigenvalue weighted by Gasteiger charge is -2.34. The Hall–Kier alpha value is -1.93. The van der Waals surface area contributed by atoms with Gasteiger partial charge in [0.15, 0.2) is 0 Å². The van der Waals surface area contributed by atoms with Gasteiger partial charge in [-0.3, -0.25) is 4.79 Å². The normalized spacial score (nSPS) is 23.0. The molecule has 6 nitrogen and oxygen atoms in total. The molecular formula is C23H27ClN2O4S. The van der Waals surface area contributed by atoms with E-state index in [1.165, 1.54) is 6.07 Å². The lowest BCUT2D eigenvalue weighted by molar-refractivity contribution is -0.0228. The Kier molecular flexibility index (Phi) is 6.67. The Balaban J connectivity index is 1.53. The summed E-state index contributed by atoms with van der Waals surface area (Å²) in [4.78, 5) is 15.1. The van der Waals surface area contributed by atoms with E-state index in [0.29, 0.717) is 36.8 Å². The minimum Gasteiger partial charge on any atom is -0.370 e. The van der Waals surface area contributed by atoms with Crippen molar-refractivity contribution in [1.29, 1.82) is 0 Å². The Morgan fingerprint density at radius 1 is 1.10 bits per heavy atom. The third-order valence-corrected chi connectivity index (χ3v) is 8.29. The largest absolute Gasteiger partial charge is 0.370 e. The molecule has 0 aliphatic carbocycles. The summed E-state index contributed by atoms with van der Waals surface area (Å²) < 4.78 is 33.8. The molecule has 2 aliphatic heterocycles. The van der Waals surface area contributed by atoms with E-state index in [2.05, 4.69) is 0 Å². The van der Waals surface area contributed by atoms with Crippen LogP contribution < -0.4 is 0 Å². The number of ether oxygens (including phenoxy) is 1. The van der Waals surface area contributed by atoms with Gasteiger partial charge in [-0.1, -0.05) is 36.2 Å². The van der Waals surface area contributed by atoms with Gasteiger partial charge in [0, 0.05) is 29.7 Å². The second kappa shape index (κ2) is 9.28. The summed E-state index contributed by atoms with van der Waals surface area (Å²) in [6, 6.07) is 13.8. The highest BCUT2D eigenvalue weighted by Gasteiger charge is 2.32. The zero-order valence-corrected chi connectivity index (χ0v) is 19.1. The van der Waals surface area contributed by atoms with Crippen molar-refractivity contribution in [3.63, 3.8) is 0 Å². The smallest absolute Gasteiger partial charge is 0.254 e. The molecule has 31 heavy (non-hydrogen) atoms. The quantitative estimate of drug-likeness (QED) is 0.685. The van der Waals surface area contributed by atoms with Crippen molar-refractivity contribution in [3.05, 3.63) is 64.7 Å². The van der Waals surface area contributed by atoms with Gasteiger partial charge in [0.25, 0.3) is 5.91 Å². The van der Waals surface area contributed by atoms with Gasteiger partial charge in [-0.2, -0.15) is 4.31 Å². The molecule has 2 atom stereocenters. The molecule has 166 valence electrons. The second-order valence-electron chi connectivity index (χ2n) is 8.15. The number of morpholine rings is 1. The summed E-state index contributed by atoms with van der Waals surface area (Å²) in [7, 11) is -3.63. The molecule has 2 fully saturated rings. The number of rotatable bonds is 4. The summed E-state index contributed by atoms with van der Waals surface area (Å²) in [6.07, 6.45) is 2.52. The van der Waals surface area contributed by atoms with Crippen LogP contribution in [0.25, 0.3) is 0 Å². The van der Waals surface area contributed by atoms with E-state index in [9.17, 15) is 13.2 Å². The molecule has 2 aromatic rings. The van der Waals surface area contributed by atoms with E-state index in [1.807, 2.05) is 19.1 Å². The molecule has 2 unspecified atom stereocenters. The van der Waals surface area contributed by atoms with Gasteiger partial charge in [-0.05, 0) is 55.7 Å². The molecule has 2 aliphatic rings. The van der Waals surface area contributed by atoms with E-state index in [4.69, 9.17) is 16.3 Å². The zero-order valence-electron chi connectivity index (χ0n) is 17.5. The van der Waals surface area contributed by atoms with Crippen molar-refractivity contribution >= 4 is 27.5 Å². The molecule has 8 heteroatoms. The summed E-state index contributed by atoms with van der Waals surface area (Å²) in [6.45, 7) is 3.75. The first kappa shape index (κ1) is 22.3. The minimum atomic E-state index is -3.63. The van der Waals surface area contributed by atoms with E-state index in [1.54, 1.807) is 39.5 Å². The summed E-state index contributed by atoms with van der Waals surface area (Å²) >= 11 is 5.97. The number of nitrogens with zero attached hydrogens (tertiary/aromatic N) is 2. The maximum absolute atomic E-state index is 13.2.